The maximum absolute atomic E-state index is 13.8. The van der Waals surface area contributed by atoms with Gasteiger partial charge in [0.05, 0.1) is 30.9 Å². The molecule has 0 aromatic heterocycles. The number of aliphatic hydroxyl groups excluding tert-OH is 2. The first-order valence-electron chi connectivity index (χ1n) is 14.4. The fraction of sp³-hybridized carbons (Fsp3) is 0.355. The van der Waals surface area contributed by atoms with E-state index in [2.05, 4.69) is 4.72 Å². The Labute approximate surface area is 272 Å². The van der Waals surface area contributed by atoms with Crippen LogP contribution < -0.4 is 18.9 Å². The van der Waals surface area contributed by atoms with Crippen LogP contribution >= 0.6 is 11.8 Å². The van der Waals surface area contributed by atoms with Crippen LogP contribution in [0.15, 0.2) is 70.5 Å². The number of hydrogen-bond acceptors (Lipinski definition) is 11. The van der Waals surface area contributed by atoms with E-state index in [4.69, 9.17) is 18.9 Å². The summed E-state index contributed by atoms with van der Waals surface area (Å²) in [6.07, 6.45) is 0.141. The highest BCUT2D eigenvalue weighted by molar-refractivity contribution is 7.98. The number of carbonyl (C=O) groups excluding carboxylic acids is 2. The lowest BCUT2D eigenvalue weighted by Gasteiger charge is -2.34. The number of benzene rings is 3. The first-order chi connectivity index (χ1) is 22.1. The van der Waals surface area contributed by atoms with Gasteiger partial charge < -0.3 is 39.0 Å². The van der Waals surface area contributed by atoms with E-state index in [1.807, 2.05) is 6.26 Å². The molecule has 3 N–H and O–H groups in total. The number of nitrogens with zero attached hydrogens (tertiary/aromatic N) is 2. The molecule has 46 heavy (non-hydrogen) atoms. The number of amides is 2. The average molecular weight is 676 g/mol. The van der Waals surface area contributed by atoms with Gasteiger partial charge in [0.25, 0.3) is 15.9 Å². The Morgan fingerprint density at radius 3 is 2.30 bits per heavy atom. The van der Waals surface area contributed by atoms with Crippen LogP contribution in [0, 0.1) is 0 Å². The number of nitrogens with one attached hydrogen (secondary N) is 1. The maximum atomic E-state index is 13.8. The molecule has 0 aliphatic carbocycles. The third-order valence-corrected chi connectivity index (χ3v) is 9.04. The molecule has 248 valence electrons. The molecule has 3 aromatic carbocycles. The lowest BCUT2D eigenvalue weighted by molar-refractivity contribution is 0.0525. The summed E-state index contributed by atoms with van der Waals surface area (Å²) in [4.78, 5) is 29.8. The standard InChI is InChI=1S/C31H37N3O10S2/c1-4-42-31(38)34-14-12-33(13-15-34)30(37)21-16-27(32-46(39,40)26-10-8-25(45-3)9-11-26)29(28(17-21)43-20-22(36)19-35)44-24-7-5-6-23(18-24)41-2/h5-11,16-18,22,32,35-36H,4,12-15,19-20H2,1-3H3. The molecule has 13 nitrogen and oxygen atoms in total. The lowest BCUT2D eigenvalue weighted by atomic mass is 10.1. The second-order valence-corrected chi connectivity index (χ2v) is 12.6. The fourth-order valence-corrected chi connectivity index (χ4v) is 5.94. The predicted molar refractivity (Wildman–Crippen MR) is 172 cm³/mol. The van der Waals surface area contributed by atoms with Gasteiger partial charge in [-0.05, 0) is 61.7 Å². The van der Waals surface area contributed by atoms with Gasteiger partial charge in [0.15, 0.2) is 11.5 Å². The van der Waals surface area contributed by atoms with Crippen LogP contribution in [0.5, 0.6) is 23.0 Å². The van der Waals surface area contributed by atoms with Gasteiger partial charge in [-0.25, -0.2) is 13.2 Å². The van der Waals surface area contributed by atoms with Crippen molar-refractivity contribution in [3.05, 3.63) is 66.2 Å². The zero-order valence-electron chi connectivity index (χ0n) is 25.7. The maximum Gasteiger partial charge on any atom is 0.409 e. The molecule has 1 heterocycles. The van der Waals surface area contributed by atoms with Crippen molar-refractivity contribution >= 4 is 39.5 Å². The summed E-state index contributed by atoms with van der Waals surface area (Å²) in [6, 6.07) is 15.6. The fourth-order valence-electron chi connectivity index (χ4n) is 4.48. The van der Waals surface area contributed by atoms with Crippen LogP contribution in [0.2, 0.25) is 0 Å². The Balaban J connectivity index is 1.77. The van der Waals surface area contributed by atoms with Crippen molar-refractivity contribution in [3.63, 3.8) is 0 Å². The van der Waals surface area contributed by atoms with Gasteiger partial charge in [-0.15, -0.1) is 11.8 Å². The summed E-state index contributed by atoms with van der Waals surface area (Å²) in [6.45, 7) is 1.88. The summed E-state index contributed by atoms with van der Waals surface area (Å²) in [5.74, 6) is 0.133. The Morgan fingerprint density at radius 1 is 1.00 bits per heavy atom. The largest absolute Gasteiger partial charge is 0.497 e. The molecule has 1 aliphatic rings. The van der Waals surface area contributed by atoms with Crippen LogP contribution in [0.25, 0.3) is 0 Å². The summed E-state index contributed by atoms with van der Waals surface area (Å²) < 4.78 is 52.1. The van der Waals surface area contributed by atoms with Gasteiger partial charge in [-0.2, -0.15) is 0 Å². The molecule has 0 saturated carbocycles. The van der Waals surface area contributed by atoms with Crippen molar-refractivity contribution < 1.29 is 47.2 Å². The lowest BCUT2D eigenvalue weighted by Crippen LogP contribution is -2.50. The second-order valence-electron chi connectivity index (χ2n) is 10.0. The molecule has 15 heteroatoms. The van der Waals surface area contributed by atoms with E-state index < -0.39 is 34.7 Å². The van der Waals surface area contributed by atoms with Crippen LogP contribution in [0.4, 0.5) is 10.5 Å². The molecule has 0 radical (unpaired) electrons. The van der Waals surface area contributed by atoms with Crippen LogP contribution in [-0.2, 0) is 14.8 Å². The number of thioether (sulfide) groups is 1. The van der Waals surface area contributed by atoms with E-state index in [9.17, 15) is 28.2 Å². The molecule has 1 atom stereocenters. The molecule has 1 saturated heterocycles. The molecule has 1 fully saturated rings. The highest BCUT2D eigenvalue weighted by atomic mass is 32.2. The minimum Gasteiger partial charge on any atom is -0.497 e. The monoisotopic (exact) mass is 675 g/mol. The number of piperazine rings is 1. The Kier molecular flexibility index (Phi) is 12.0. The van der Waals surface area contributed by atoms with Gasteiger partial charge in [0.1, 0.15) is 24.2 Å². The van der Waals surface area contributed by atoms with Crippen molar-refractivity contribution in [2.75, 3.05) is 64.1 Å². The smallest absolute Gasteiger partial charge is 0.409 e. The molecule has 1 aliphatic heterocycles. The molecule has 0 spiro atoms. The number of ether oxygens (including phenoxy) is 4. The van der Waals surface area contributed by atoms with Crippen LogP contribution in [0.3, 0.4) is 0 Å². The number of rotatable bonds is 13. The van der Waals surface area contributed by atoms with E-state index >= 15 is 0 Å². The van der Waals surface area contributed by atoms with E-state index in [1.54, 1.807) is 43.3 Å². The van der Waals surface area contributed by atoms with Crippen molar-refractivity contribution in [1.82, 2.24) is 9.80 Å². The summed E-state index contributed by atoms with van der Waals surface area (Å²) in [5.41, 5.74) is -0.0484. The number of anilines is 1. The van der Waals surface area contributed by atoms with Gasteiger partial charge >= 0.3 is 6.09 Å². The van der Waals surface area contributed by atoms with Crippen LogP contribution in [0.1, 0.15) is 17.3 Å². The Hall–Kier alpha value is -4.18. The Morgan fingerprint density at radius 2 is 1.67 bits per heavy atom. The molecule has 2 amide bonds. The third kappa shape index (κ3) is 8.75. The average Bonchev–Trinajstić information content (AvgIpc) is 3.07. The minimum atomic E-state index is -4.20. The van der Waals surface area contributed by atoms with Crippen molar-refractivity contribution in [2.45, 2.75) is 22.8 Å². The first-order valence-corrected chi connectivity index (χ1v) is 17.1. The van der Waals surface area contributed by atoms with Crippen molar-refractivity contribution in [3.8, 4) is 23.0 Å². The van der Waals surface area contributed by atoms with Crippen molar-refractivity contribution in [2.24, 2.45) is 0 Å². The first kappa shape index (κ1) is 34.7. The van der Waals surface area contributed by atoms with E-state index in [0.717, 1.165) is 4.90 Å². The normalized spacial score (nSPS) is 13.9. The van der Waals surface area contributed by atoms with E-state index in [-0.39, 0.29) is 72.8 Å². The molecular weight excluding hydrogens is 638 g/mol. The number of methoxy groups -OCH3 is 1. The molecule has 1 unspecified atom stereocenters. The molecule has 3 aromatic rings. The van der Waals surface area contributed by atoms with Gasteiger partial charge in [-0.3, -0.25) is 9.52 Å². The second kappa shape index (κ2) is 15.9. The third-order valence-electron chi connectivity index (χ3n) is 6.91. The number of carbonyl (C=O) groups is 2. The number of hydrogen-bond donors (Lipinski definition) is 3. The number of aliphatic hydroxyl groups is 2. The minimum absolute atomic E-state index is 0.0254. The Bertz CT molecular complexity index is 1610. The summed E-state index contributed by atoms with van der Waals surface area (Å²) >= 11 is 1.46. The highest BCUT2D eigenvalue weighted by Crippen LogP contribution is 2.42. The topological polar surface area (TPSA) is 164 Å². The van der Waals surface area contributed by atoms with E-state index in [0.29, 0.717) is 5.75 Å². The predicted octanol–water partition coefficient (Wildman–Crippen LogP) is 3.66. The van der Waals surface area contributed by atoms with Gasteiger partial charge in [0, 0.05) is 42.7 Å². The zero-order valence-corrected chi connectivity index (χ0v) is 27.3. The number of sulfonamides is 1. The van der Waals surface area contributed by atoms with Gasteiger partial charge in [-0.1, -0.05) is 6.07 Å². The molecule has 4 rings (SSSR count). The quantitative estimate of drug-likeness (QED) is 0.227. The zero-order chi connectivity index (χ0) is 33.3. The van der Waals surface area contributed by atoms with Gasteiger partial charge in [0.2, 0.25) is 0 Å². The molecular formula is C31H37N3O10S2. The van der Waals surface area contributed by atoms with E-state index in [1.165, 1.54) is 52.9 Å². The summed E-state index contributed by atoms with van der Waals surface area (Å²) in [7, 11) is -2.72. The SMILES string of the molecule is CCOC(=O)N1CCN(C(=O)c2cc(NS(=O)(=O)c3ccc(SC)cc3)c(Oc3cccc(OC)c3)c(OCC(O)CO)c2)CC1. The summed E-state index contributed by atoms with van der Waals surface area (Å²) in [5, 5.41) is 19.4. The van der Waals surface area contributed by atoms with Crippen LogP contribution in [-0.4, -0.2) is 106 Å². The molecule has 0 bridgehead atoms. The van der Waals surface area contributed by atoms with Crippen molar-refractivity contribution in [1.29, 1.82) is 0 Å². The highest BCUT2D eigenvalue weighted by Gasteiger charge is 2.29.